The van der Waals surface area contributed by atoms with E-state index in [4.69, 9.17) is 9.47 Å². The molecule has 1 aromatic heterocycles. The number of halogens is 2. The van der Waals surface area contributed by atoms with Crippen LogP contribution in [0.15, 0.2) is 36.5 Å². The molecule has 1 heterocycles. The third kappa shape index (κ3) is 5.96. The van der Waals surface area contributed by atoms with Crippen molar-refractivity contribution < 1.29 is 23.0 Å². The molecule has 0 atom stereocenters. The van der Waals surface area contributed by atoms with E-state index in [9.17, 15) is 13.6 Å². The Morgan fingerprint density at radius 1 is 1.23 bits per heavy atom. The number of urea groups is 1. The van der Waals surface area contributed by atoms with Gasteiger partial charge in [-0.25, -0.2) is 18.6 Å². The number of ether oxygens (including phenoxy) is 2. The highest BCUT2D eigenvalue weighted by Crippen LogP contribution is 2.12. The molecule has 0 aliphatic carbocycles. The summed E-state index contributed by atoms with van der Waals surface area (Å²) in [5.74, 6) is -0.862. The van der Waals surface area contributed by atoms with Crippen LogP contribution in [0.3, 0.4) is 0 Å². The maximum atomic E-state index is 13.6. The Labute approximate surface area is 150 Å². The van der Waals surface area contributed by atoms with Crippen molar-refractivity contribution in [1.29, 1.82) is 0 Å². The first kappa shape index (κ1) is 19.6. The van der Waals surface area contributed by atoms with Gasteiger partial charge in [0.15, 0.2) is 0 Å². The predicted octanol–water partition coefficient (Wildman–Crippen LogP) is 2.73. The maximum absolute atomic E-state index is 13.6. The van der Waals surface area contributed by atoms with Crippen LogP contribution in [0.2, 0.25) is 0 Å². The van der Waals surface area contributed by atoms with Gasteiger partial charge in [0, 0.05) is 51.1 Å². The second kappa shape index (κ2) is 9.67. The summed E-state index contributed by atoms with van der Waals surface area (Å²) in [5, 5.41) is 2.71. The van der Waals surface area contributed by atoms with Crippen molar-refractivity contribution in [2.24, 2.45) is 0 Å². The fraction of sp³-hybridized carbons (Fsp3) is 0.333. The number of amides is 2. The van der Waals surface area contributed by atoms with Gasteiger partial charge < -0.3 is 19.7 Å². The van der Waals surface area contributed by atoms with Crippen molar-refractivity contribution in [1.82, 2.24) is 15.2 Å². The lowest BCUT2D eigenvalue weighted by Crippen LogP contribution is -2.36. The van der Waals surface area contributed by atoms with Crippen molar-refractivity contribution in [2.75, 3.05) is 27.4 Å². The average Bonchev–Trinajstić information content (AvgIpc) is 2.63. The highest BCUT2D eigenvalue weighted by Gasteiger charge is 2.12. The second-order valence-electron chi connectivity index (χ2n) is 5.60. The molecule has 26 heavy (non-hydrogen) atoms. The van der Waals surface area contributed by atoms with Crippen LogP contribution in [-0.4, -0.2) is 43.3 Å². The first-order valence-electron chi connectivity index (χ1n) is 7.99. The van der Waals surface area contributed by atoms with E-state index in [1.165, 1.54) is 18.0 Å². The number of carbonyl (C=O) groups excluding carboxylic acids is 1. The third-order valence-electron chi connectivity index (χ3n) is 3.55. The van der Waals surface area contributed by atoms with Crippen LogP contribution in [-0.2, 0) is 17.8 Å². The Bertz CT molecular complexity index is 726. The number of carbonyl (C=O) groups is 1. The van der Waals surface area contributed by atoms with Gasteiger partial charge in [-0.1, -0.05) is 12.1 Å². The van der Waals surface area contributed by atoms with Crippen molar-refractivity contribution in [2.45, 2.75) is 13.1 Å². The van der Waals surface area contributed by atoms with E-state index in [1.807, 2.05) is 0 Å². The van der Waals surface area contributed by atoms with Crippen molar-refractivity contribution in [3.05, 3.63) is 59.3 Å². The molecule has 2 aromatic rings. The van der Waals surface area contributed by atoms with Crippen LogP contribution < -0.4 is 10.1 Å². The zero-order valence-electron chi connectivity index (χ0n) is 14.7. The molecule has 0 aliphatic rings. The average molecular weight is 365 g/mol. The Balaban J connectivity index is 1.81. The normalized spacial score (nSPS) is 10.5. The van der Waals surface area contributed by atoms with Crippen LogP contribution in [0.5, 0.6) is 5.88 Å². The van der Waals surface area contributed by atoms with Crippen molar-refractivity contribution in [3.8, 4) is 5.88 Å². The first-order chi connectivity index (χ1) is 12.5. The van der Waals surface area contributed by atoms with E-state index in [0.29, 0.717) is 19.1 Å². The quantitative estimate of drug-likeness (QED) is 0.731. The van der Waals surface area contributed by atoms with Crippen LogP contribution in [0.1, 0.15) is 11.1 Å². The number of rotatable bonds is 8. The Morgan fingerprint density at radius 2 is 2.04 bits per heavy atom. The smallest absolute Gasteiger partial charge is 0.317 e. The molecular formula is C18H21F2N3O3. The van der Waals surface area contributed by atoms with E-state index >= 15 is 0 Å². The van der Waals surface area contributed by atoms with Gasteiger partial charge in [0.25, 0.3) is 0 Å². The minimum Gasteiger partial charge on any atom is -0.475 e. The Kier molecular flexibility index (Phi) is 7.28. The molecule has 0 bridgehead atoms. The number of hydrogen-bond donors (Lipinski definition) is 1. The van der Waals surface area contributed by atoms with Crippen LogP contribution >= 0.6 is 0 Å². The summed E-state index contributed by atoms with van der Waals surface area (Å²) in [5.41, 5.74) is 1.03. The lowest BCUT2D eigenvalue weighted by molar-refractivity contribution is 0.143. The number of hydrogen-bond acceptors (Lipinski definition) is 4. The molecule has 2 amide bonds. The third-order valence-corrected chi connectivity index (χ3v) is 3.55. The molecule has 6 nitrogen and oxygen atoms in total. The predicted molar refractivity (Wildman–Crippen MR) is 91.7 cm³/mol. The van der Waals surface area contributed by atoms with Crippen LogP contribution in [0.25, 0.3) is 0 Å². The maximum Gasteiger partial charge on any atom is 0.317 e. The molecule has 0 saturated carbocycles. The van der Waals surface area contributed by atoms with Crippen molar-refractivity contribution in [3.63, 3.8) is 0 Å². The fourth-order valence-corrected chi connectivity index (χ4v) is 2.12. The molecule has 2 rings (SSSR count). The first-order valence-corrected chi connectivity index (χ1v) is 7.99. The monoisotopic (exact) mass is 365 g/mol. The SMILES string of the molecule is COCCOc1ccc(CNC(=O)N(C)Cc2ccc(F)cc2F)cn1. The molecular weight excluding hydrogens is 344 g/mol. The highest BCUT2D eigenvalue weighted by molar-refractivity contribution is 5.73. The van der Waals surface area contributed by atoms with Gasteiger partial charge in [0.1, 0.15) is 18.2 Å². The van der Waals surface area contributed by atoms with Gasteiger partial charge in [-0.05, 0) is 11.6 Å². The minimum absolute atomic E-state index is 0.0302. The number of nitrogens with zero attached hydrogens (tertiary/aromatic N) is 2. The zero-order valence-corrected chi connectivity index (χ0v) is 14.7. The summed E-state index contributed by atoms with van der Waals surface area (Å²) in [6.07, 6.45) is 1.60. The zero-order chi connectivity index (χ0) is 18.9. The lowest BCUT2D eigenvalue weighted by Gasteiger charge is -2.18. The van der Waals surface area contributed by atoms with E-state index in [-0.39, 0.29) is 24.7 Å². The number of nitrogens with one attached hydrogen (secondary N) is 1. The molecule has 8 heteroatoms. The van der Waals surface area contributed by atoms with Crippen LogP contribution in [0.4, 0.5) is 13.6 Å². The molecule has 0 spiro atoms. The summed E-state index contributed by atoms with van der Waals surface area (Å²) in [6.45, 7) is 1.17. The molecule has 0 fully saturated rings. The van der Waals surface area contributed by atoms with E-state index in [2.05, 4.69) is 10.3 Å². The molecule has 0 saturated heterocycles. The molecule has 0 radical (unpaired) electrons. The van der Waals surface area contributed by atoms with E-state index in [1.54, 1.807) is 25.4 Å². The molecule has 0 unspecified atom stereocenters. The lowest BCUT2D eigenvalue weighted by atomic mass is 10.2. The Hall–Kier alpha value is -2.74. The standard InChI is InChI=1S/C18H21F2N3O3/c1-23(12-14-4-5-15(19)9-16(14)20)18(24)22-11-13-3-6-17(21-10-13)26-8-7-25-2/h3-6,9-10H,7-8,11-12H2,1-2H3,(H,22,24). The number of benzene rings is 1. The molecule has 140 valence electrons. The van der Waals surface area contributed by atoms with Crippen molar-refractivity contribution >= 4 is 6.03 Å². The Morgan fingerprint density at radius 3 is 2.69 bits per heavy atom. The molecule has 0 aliphatic heterocycles. The van der Waals surface area contributed by atoms with Gasteiger partial charge in [-0.2, -0.15) is 0 Å². The van der Waals surface area contributed by atoms with Crippen LogP contribution in [0, 0.1) is 11.6 Å². The van der Waals surface area contributed by atoms with E-state index in [0.717, 1.165) is 17.7 Å². The van der Waals surface area contributed by atoms with Gasteiger partial charge in [-0.3, -0.25) is 0 Å². The van der Waals surface area contributed by atoms with Gasteiger partial charge >= 0.3 is 6.03 Å². The molecule has 1 aromatic carbocycles. The fourth-order valence-electron chi connectivity index (χ4n) is 2.12. The summed E-state index contributed by atoms with van der Waals surface area (Å²) in [4.78, 5) is 17.5. The molecule has 1 N–H and O–H groups in total. The minimum atomic E-state index is -0.682. The highest BCUT2D eigenvalue weighted by atomic mass is 19.1. The largest absolute Gasteiger partial charge is 0.475 e. The van der Waals surface area contributed by atoms with E-state index < -0.39 is 11.6 Å². The summed E-state index contributed by atoms with van der Waals surface area (Å²) in [6, 6.07) is 6.38. The topological polar surface area (TPSA) is 63.7 Å². The summed E-state index contributed by atoms with van der Waals surface area (Å²) < 4.78 is 36.8. The number of methoxy groups -OCH3 is 1. The second-order valence-corrected chi connectivity index (χ2v) is 5.60. The van der Waals surface area contributed by atoms with Gasteiger partial charge in [-0.15, -0.1) is 0 Å². The number of aromatic nitrogens is 1. The summed E-state index contributed by atoms with van der Waals surface area (Å²) >= 11 is 0. The number of pyridine rings is 1. The van der Waals surface area contributed by atoms with Gasteiger partial charge in [0.05, 0.1) is 6.61 Å². The summed E-state index contributed by atoms with van der Waals surface area (Å²) in [7, 11) is 3.12. The van der Waals surface area contributed by atoms with Gasteiger partial charge in [0.2, 0.25) is 5.88 Å².